The van der Waals surface area contributed by atoms with Crippen molar-refractivity contribution in [2.24, 2.45) is 0 Å². The van der Waals surface area contributed by atoms with Crippen LogP contribution in [0.5, 0.6) is 0 Å². The van der Waals surface area contributed by atoms with Gasteiger partial charge in [-0.2, -0.15) is 4.79 Å². The average molecular weight is 454 g/mol. The zero-order valence-corrected chi connectivity index (χ0v) is 18.2. The number of carbonyl (C=O) groups is 2. The summed E-state index contributed by atoms with van der Waals surface area (Å²) in [7, 11) is 0. The van der Waals surface area contributed by atoms with Crippen molar-refractivity contribution in [2.75, 3.05) is 6.61 Å². The molecule has 0 fully saturated rings. The normalized spacial score (nSPS) is 14.5. The van der Waals surface area contributed by atoms with Crippen molar-refractivity contribution in [3.05, 3.63) is 94.3 Å². The van der Waals surface area contributed by atoms with Crippen LogP contribution in [0.1, 0.15) is 40.3 Å². The van der Waals surface area contributed by atoms with Crippen LogP contribution in [-0.2, 0) is 16.0 Å². The lowest BCUT2D eigenvalue weighted by Crippen LogP contribution is -2.43. The number of benzene rings is 2. The lowest BCUT2D eigenvalue weighted by molar-refractivity contribution is -0.139. The van der Waals surface area contributed by atoms with E-state index in [4.69, 9.17) is 4.74 Å². The molecule has 0 unspecified atom stereocenters. The first-order chi connectivity index (χ1) is 16.6. The third-order valence-corrected chi connectivity index (χ3v) is 6.37. The van der Waals surface area contributed by atoms with E-state index in [-0.39, 0.29) is 18.9 Å². The maximum atomic E-state index is 12.6. The fourth-order valence-corrected chi connectivity index (χ4v) is 4.76. The molecule has 0 spiro atoms. The molecule has 3 N–H and O–H groups in total. The SMILES string of the molecule is [N-]=[N+]=C1CC=Cc2c(C[C@@H](NC(=O)OCC3c4ccccc4-c4ccccc43)C(=O)O)c[nH]c21. The Morgan fingerprint density at radius 2 is 1.82 bits per heavy atom. The number of aliphatic carboxylic acids is 1. The molecular formula is C26H22N4O4. The number of aromatic nitrogens is 1. The number of hydrogen-bond donors (Lipinski definition) is 3. The van der Waals surface area contributed by atoms with Crippen molar-refractivity contribution < 1.29 is 24.2 Å². The number of carbonyl (C=O) groups excluding carboxylic acids is 1. The highest BCUT2D eigenvalue weighted by atomic mass is 16.5. The number of carboxylic acid groups (broad SMARTS) is 1. The van der Waals surface area contributed by atoms with Crippen molar-refractivity contribution in [3.63, 3.8) is 0 Å². The topological polar surface area (TPSA) is 128 Å². The third-order valence-electron chi connectivity index (χ3n) is 6.37. The number of ether oxygens (including phenoxy) is 1. The Labute approximate surface area is 195 Å². The molecule has 170 valence electrons. The number of fused-ring (bicyclic) bond motifs is 4. The summed E-state index contributed by atoms with van der Waals surface area (Å²) in [6.07, 6.45) is 5.09. The Morgan fingerprint density at radius 3 is 2.47 bits per heavy atom. The maximum absolute atomic E-state index is 12.6. The molecule has 2 aliphatic rings. The highest BCUT2D eigenvalue weighted by Crippen LogP contribution is 2.44. The Bertz CT molecular complexity index is 1320. The van der Waals surface area contributed by atoms with E-state index in [1.54, 1.807) is 6.20 Å². The molecule has 0 saturated heterocycles. The number of H-pyrrole nitrogens is 1. The molecule has 8 heteroatoms. The van der Waals surface area contributed by atoms with Crippen molar-refractivity contribution in [1.82, 2.24) is 10.3 Å². The minimum absolute atomic E-state index is 0.0500. The maximum Gasteiger partial charge on any atom is 0.407 e. The number of allylic oxidation sites excluding steroid dienone is 1. The van der Waals surface area contributed by atoms with Crippen molar-refractivity contribution in [1.29, 1.82) is 0 Å². The summed E-state index contributed by atoms with van der Waals surface area (Å²) in [4.78, 5) is 30.8. The van der Waals surface area contributed by atoms with E-state index in [9.17, 15) is 20.2 Å². The van der Waals surface area contributed by atoms with Gasteiger partial charge in [-0.25, -0.2) is 9.59 Å². The van der Waals surface area contributed by atoms with Gasteiger partial charge >= 0.3 is 17.8 Å². The Balaban J connectivity index is 1.28. The van der Waals surface area contributed by atoms with Crippen LogP contribution in [0.4, 0.5) is 4.79 Å². The van der Waals surface area contributed by atoms with Gasteiger partial charge in [0.1, 0.15) is 18.3 Å². The zero-order valence-electron chi connectivity index (χ0n) is 18.2. The summed E-state index contributed by atoms with van der Waals surface area (Å²) in [5.41, 5.74) is 16.1. The lowest BCUT2D eigenvalue weighted by atomic mass is 9.97. The van der Waals surface area contributed by atoms with Gasteiger partial charge in [0.05, 0.1) is 6.42 Å². The van der Waals surface area contributed by atoms with Gasteiger partial charge in [-0.15, -0.1) is 0 Å². The standard InChI is InChI=1S/C26H22N4O4/c27-30-22-11-5-10-16-15(13-28-24(16)22)12-23(25(31)32)29-26(33)34-14-21-19-8-3-1-6-17(19)18-7-2-4-9-20(18)21/h1-10,13,21,23,28H,11-12,14H2,(H,29,33)(H,31,32)/t23-/m1/s1. The number of hydrogen-bond acceptors (Lipinski definition) is 3. The van der Waals surface area contributed by atoms with Gasteiger partial charge in [0, 0.05) is 24.1 Å². The zero-order chi connectivity index (χ0) is 23.7. The first-order valence-corrected chi connectivity index (χ1v) is 11.0. The number of amides is 1. The monoisotopic (exact) mass is 454 g/mol. The highest BCUT2D eigenvalue weighted by molar-refractivity contribution is 6.02. The predicted molar refractivity (Wildman–Crippen MR) is 126 cm³/mol. The predicted octanol–water partition coefficient (Wildman–Crippen LogP) is 3.98. The summed E-state index contributed by atoms with van der Waals surface area (Å²) in [6, 6.07) is 14.8. The van der Waals surface area contributed by atoms with Crippen LogP contribution < -0.4 is 5.32 Å². The number of nitrogens with zero attached hydrogens (tertiary/aromatic N) is 2. The second-order valence-electron chi connectivity index (χ2n) is 8.32. The molecule has 1 aromatic heterocycles. The minimum atomic E-state index is -1.18. The van der Waals surface area contributed by atoms with Gasteiger partial charge in [0.25, 0.3) is 0 Å². The lowest BCUT2D eigenvalue weighted by Gasteiger charge is -2.17. The van der Waals surface area contributed by atoms with Crippen LogP contribution in [0.25, 0.3) is 22.7 Å². The van der Waals surface area contributed by atoms with E-state index in [1.165, 1.54) is 0 Å². The fourth-order valence-electron chi connectivity index (χ4n) is 4.76. The van der Waals surface area contributed by atoms with Crippen LogP contribution in [0.3, 0.4) is 0 Å². The molecule has 34 heavy (non-hydrogen) atoms. The Kier molecular flexibility index (Phi) is 5.57. The van der Waals surface area contributed by atoms with Crippen molar-refractivity contribution in [2.45, 2.75) is 24.8 Å². The largest absolute Gasteiger partial charge is 0.480 e. The molecule has 0 radical (unpaired) electrons. The van der Waals surface area contributed by atoms with Gasteiger partial charge in [0.2, 0.25) is 0 Å². The summed E-state index contributed by atoms with van der Waals surface area (Å²) < 4.78 is 5.50. The highest BCUT2D eigenvalue weighted by Gasteiger charge is 2.30. The second-order valence-corrected chi connectivity index (χ2v) is 8.32. The molecule has 1 amide bonds. The minimum Gasteiger partial charge on any atom is -0.480 e. The van der Waals surface area contributed by atoms with Gasteiger partial charge < -0.3 is 25.7 Å². The molecule has 8 nitrogen and oxygen atoms in total. The number of rotatable bonds is 6. The Hall–Kier alpha value is -4.42. The van der Waals surface area contributed by atoms with Gasteiger partial charge in [-0.3, -0.25) is 0 Å². The smallest absolute Gasteiger partial charge is 0.407 e. The number of nitrogens with one attached hydrogen (secondary N) is 2. The molecule has 1 atom stereocenters. The van der Waals surface area contributed by atoms with E-state index >= 15 is 0 Å². The molecule has 0 saturated carbocycles. The van der Waals surface area contributed by atoms with E-state index in [1.807, 2.05) is 60.7 Å². The van der Waals surface area contributed by atoms with Crippen LogP contribution in [0.15, 0.2) is 60.8 Å². The number of alkyl carbamates (subject to hydrolysis) is 1. The molecule has 2 aromatic carbocycles. The Morgan fingerprint density at radius 1 is 1.15 bits per heavy atom. The van der Waals surface area contributed by atoms with E-state index in [2.05, 4.69) is 15.1 Å². The first kappa shape index (κ1) is 21.4. The summed E-state index contributed by atoms with van der Waals surface area (Å²) in [5, 5.41) is 12.2. The van der Waals surface area contributed by atoms with E-state index in [0.717, 1.165) is 27.8 Å². The molecule has 2 aliphatic carbocycles. The summed E-state index contributed by atoms with van der Waals surface area (Å²) in [5.74, 6) is -1.28. The van der Waals surface area contributed by atoms with Crippen molar-refractivity contribution >= 4 is 23.9 Å². The van der Waals surface area contributed by atoms with Gasteiger partial charge in [-0.05, 0) is 27.8 Å². The summed E-state index contributed by atoms with van der Waals surface area (Å²) >= 11 is 0. The van der Waals surface area contributed by atoms with Crippen LogP contribution in [0.2, 0.25) is 0 Å². The fraction of sp³-hybridized carbons (Fsp3) is 0.192. The number of aromatic amines is 1. The first-order valence-electron chi connectivity index (χ1n) is 11.0. The second kappa shape index (κ2) is 8.84. The van der Waals surface area contributed by atoms with E-state index < -0.39 is 18.1 Å². The van der Waals surface area contributed by atoms with Crippen LogP contribution >= 0.6 is 0 Å². The van der Waals surface area contributed by atoms with Crippen molar-refractivity contribution in [3.8, 4) is 11.1 Å². The molecule has 0 aliphatic heterocycles. The van der Waals surface area contributed by atoms with Crippen LogP contribution in [-0.4, -0.2) is 45.3 Å². The van der Waals surface area contributed by atoms with E-state index in [0.29, 0.717) is 23.4 Å². The third kappa shape index (κ3) is 3.80. The molecular weight excluding hydrogens is 432 g/mol. The quantitative estimate of drug-likeness (QED) is 0.384. The average Bonchev–Trinajstić information content (AvgIpc) is 3.41. The molecule has 5 rings (SSSR count). The van der Waals surface area contributed by atoms with Gasteiger partial charge in [0.15, 0.2) is 0 Å². The van der Waals surface area contributed by atoms with Crippen LogP contribution in [0, 0.1) is 0 Å². The number of carboxylic acids is 1. The molecule has 0 bridgehead atoms. The molecule has 3 aromatic rings. The van der Waals surface area contributed by atoms with Gasteiger partial charge in [-0.1, -0.05) is 60.7 Å². The summed E-state index contributed by atoms with van der Waals surface area (Å²) in [6.45, 7) is 0.102. The molecule has 1 heterocycles.